The zero-order valence-corrected chi connectivity index (χ0v) is 9.75. The van der Waals surface area contributed by atoms with E-state index in [4.69, 9.17) is 5.73 Å². The molecule has 0 spiro atoms. The predicted molar refractivity (Wildman–Crippen MR) is 63.3 cm³/mol. The SMILES string of the molecule is COC(=O)c1nc(N)sc1-c1ccccc1F. The zero-order valence-electron chi connectivity index (χ0n) is 8.94. The van der Waals surface area contributed by atoms with E-state index in [2.05, 4.69) is 9.72 Å². The lowest BCUT2D eigenvalue weighted by molar-refractivity contribution is 0.0596. The molecule has 2 rings (SSSR count). The van der Waals surface area contributed by atoms with E-state index in [1.54, 1.807) is 18.2 Å². The van der Waals surface area contributed by atoms with E-state index in [-0.39, 0.29) is 10.8 Å². The van der Waals surface area contributed by atoms with E-state index >= 15 is 0 Å². The fraction of sp³-hybridized carbons (Fsp3) is 0.0909. The minimum Gasteiger partial charge on any atom is -0.464 e. The number of nitrogens with two attached hydrogens (primary N) is 1. The first-order valence-electron chi connectivity index (χ1n) is 4.73. The van der Waals surface area contributed by atoms with Gasteiger partial charge >= 0.3 is 5.97 Å². The monoisotopic (exact) mass is 252 g/mol. The normalized spacial score (nSPS) is 10.2. The lowest BCUT2D eigenvalue weighted by atomic mass is 10.1. The van der Waals surface area contributed by atoms with Crippen LogP contribution in [-0.2, 0) is 4.74 Å². The van der Waals surface area contributed by atoms with Crippen LogP contribution in [0.3, 0.4) is 0 Å². The van der Waals surface area contributed by atoms with Crippen LogP contribution in [0.2, 0.25) is 0 Å². The minimum absolute atomic E-state index is 0.0418. The minimum atomic E-state index is -0.629. The van der Waals surface area contributed by atoms with Crippen molar-refractivity contribution in [3.8, 4) is 10.4 Å². The molecule has 1 aromatic carbocycles. The highest BCUT2D eigenvalue weighted by molar-refractivity contribution is 7.19. The third-order valence-corrected chi connectivity index (χ3v) is 3.06. The second kappa shape index (κ2) is 4.50. The number of nitrogens with zero attached hydrogens (tertiary/aromatic N) is 1. The van der Waals surface area contributed by atoms with E-state index in [1.807, 2.05) is 0 Å². The molecule has 4 nitrogen and oxygen atoms in total. The maximum Gasteiger partial charge on any atom is 0.358 e. The van der Waals surface area contributed by atoms with E-state index in [9.17, 15) is 9.18 Å². The summed E-state index contributed by atoms with van der Waals surface area (Å²) < 4.78 is 18.2. The molecular weight excluding hydrogens is 243 g/mol. The molecule has 1 aromatic heterocycles. The van der Waals surface area contributed by atoms with E-state index in [0.29, 0.717) is 10.4 Å². The molecule has 0 saturated heterocycles. The Labute approximate surface area is 101 Å². The molecule has 0 radical (unpaired) electrons. The van der Waals surface area contributed by atoms with Gasteiger partial charge < -0.3 is 10.5 Å². The third kappa shape index (κ3) is 2.12. The maximum absolute atomic E-state index is 13.6. The van der Waals surface area contributed by atoms with Crippen LogP contribution in [0, 0.1) is 5.82 Å². The van der Waals surface area contributed by atoms with Gasteiger partial charge in [-0.25, -0.2) is 14.2 Å². The number of hydrogen-bond acceptors (Lipinski definition) is 5. The van der Waals surface area contributed by atoms with Crippen molar-refractivity contribution < 1.29 is 13.9 Å². The molecule has 1 heterocycles. The molecule has 0 atom stereocenters. The third-order valence-electron chi connectivity index (χ3n) is 2.14. The summed E-state index contributed by atoms with van der Waals surface area (Å²) in [5.41, 5.74) is 5.87. The summed E-state index contributed by atoms with van der Waals surface area (Å²) in [5.74, 6) is -1.06. The Balaban J connectivity index is 2.60. The Bertz CT molecular complexity index is 568. The van der Waals surface area contributed by atoms with E-state index < -0.39 is 11.8 Å². The van der Waals surface area contributed by atoms with Crippen molar-refractivity contribution in [2.45, 2.75) is 0 Å². The maximum atomic E-state index is 13.6. The summed E-state index contributed by atoms with van der Waals surface area (Å²) in [6.45, 7) is 0. The molecule has 0 aliphatic heterocycles. The Morgan fingerprint density at radius 2 is 2.18 bits per heavy atom. The molecule has 88 valence electrons. The van der Waals surface area contributed by atoms with Crippen molar-refractivity contribution in [2.24, 2.45) is 0 Å². The van der Waals surface area contributed by atoms with Crippen molar-refractivity contribution in [3.63, 3.8) is 0 Å². The molecule has 2 N–H and O–H groups in total. The highest BCUT2D eigenvalue weighted by Gasteiger charge is 2.20. The highest BCUT2D eigenvalue weighted by Crippen LogP contribution is 2.33. The molecule has 2 aromatic rings. The number of ether oxygens (including phenoxy) is 1. The largest absolute Gasteiger partial charge is 0.464 e. The lowest BCUT2D eigenvalue weighted by Crippen LogP contribution is -2.04. The quantitative estimate of drug-likeness (QED) is 0.833. The Morgan fingerprint density at radius 1 is 1.47 bits per heavy atom. The molecule has 0 fully saturated rings. The fourth-order valence-electron chi connectivity index (χ4n) is 1.40. The van der Waals surface area contributed by atoms with Gasteiger partial charge in [0.05, 0.1) is 12.0 Å². The van der Waals surface area contributed by atoms with Gasteiger partial charge in [0.2, 0.25) is 0 Å². The van der Waals surface area contributed by atoms with Gasteiger partial charge in [-0.1, -0.05) is 29.5 Å². The first-order chi connectivity index (χ1) is 8.13. The Morgan fingerprint density at radius 3 is 2.82 bits per heavy atom. The number of hydrogen-bond donors (Lipinski definition) is 1. The number of carbonyl (C=O) groups excluding carboxylic acids is 1. The molecule has 0 saturated carbocycles. The number of carbonyl (C=O) groups is 1. The van der Waals surface area contributed by atoms with Gasteiger partial charge in [-0.05, 0) is 6.07 Å². The average molecular weight is 252 g/mol. The molecule has 0 aliphatic rings. The van der Waals surface area contributed by atoms with Crippen LogP contribution in [0.1, 0.15) is 10.5 Å². The summed E-state index contributed by atoms with van der Waals surface area (Å²) in [6.07, 6.45) is 0. The number of aromatic nitrogens is 1. The number of thiazole rings is 1. The fourth-order valence-corrected chi connectivity index (χ4v) is 2.25. The van der Waals surface area contributed by atoms with E-state index in [1.165, 1.54) is 13.2 Å². The van der Waals surface area contributed by atoms with Gasteiger partial charge in [0.15, 0.2) is 10.8 Å². The summed E-state index contributed by atoms with van der Waals surface area (Å²) >= 11 is 1.05. The molecule has 0 amide bonds. The first kappa shape index (κ1) is 11.5. The van der Waals surface area contributed by atoms with Gasteiger partial charge in [0.25, 0.3) is 0 Å². The molecule has 0 aliphatic carbocycles. The second-order valence-electron chi connectivity index (χ2n) is 3.20. The van der Waals surface area contributed by atoms with Crippen LogP contribution in [0.25, 0.3) is 10.4 Å². The van der Waals surface area contributed by atoms with Gasteiger partial charge in [0, 0.05) is 5.56 Å². The van der Waals surface area contributed by atoms with Gasteiger partial charge in [-0.3, -0.25) is 0 Å². The van der Waals surface area contributed by atoms with Crippen molar-refractivity contribution >= 4 is 22.4 Å². The number of rotatable bonds is 2. The Kier molecular flexibility index (Phi) is 3.06. The van der Waals surface area contributed by atoms with Gasteiger partial charge in [0.1, 0.15) is 5.82 Å². The first-order valence-corrected chi connectivity index (χ1v) is 5.54. The van der Waals surface area contributed by atoms with Gasteiger partial charge in [-0.15, -0.1) is 0 Å². The topological polar surface area (TPSA) is 65.2 Å². The second-order valence-corrected chi connectivity index (χ2v) is 4.23. The lowest BCUT2D eigenvalue weighted by Gasteiger charge is -2.01. The van der Waals surface area contributed by atoms with Crippen LogP contribution in [-0.4, -0.2) is 18.1 Å². The average Bonchev–Trinajstić information content (AvgIpc) is 2.71. The van der Waals surface area contributed by atoms with Crippen LogP contribution in [0.5, 0.6) is 0 Å². The molecular formula is C11H9FN2O2S. The van der Waals surface area contributed by atoms with Crippen molar-refractivity contribution in [3.05, 3.63) is 35.8 Å². The summed E-state index contributed by atoms with van der Waals surface area (Å²) in [7, 11) is 1.24. The van der Waals surface area contributed by atoms with Crippen LogP contribution < -0.4 is 5.73 Å². The summed E-state index contributed by atoms with van der Waals surface area (Å²) in [4.78, 5) is 15.7. The van der Waals surface area contributed by atoms with Crippen molar-refractivity contribution in [1.82, 2.24) is 4.98 Å². The number of anilines is 1. The molecule has 6 heteroatoms. The molecule has 0 unspecified atom stereocenters. The number of halogens is 1. The standard InChI is InChI=1S/C11H9FN2O2S/c1-16-10(15)8-9(17-11(13)14-8)6-4-2-3-5-7(6)12/h2-5H,1H3,(H2,13,14). The van der Waals surface area contributed by atoms with Crippen LogP contribution in [0.15, 0.2) is 24.3 Å². The highest BCUT2D eigenvalue weighted by atomic mass is 32.1. The number of nitrogen functional groups attached to an aromatic ring is 1. The summed E-state index contributed by atoms with van der Waals surface area (Å²) in [5, 5.41) is 0.198. The number of esters is 1. The van der Waals surface area contributed by atoms with E-state index in [0.717, 1.165) is 11.3 Å². The van der Waals surface area contributed by atoms with Crippen LogP contribution >= 0.6 is 11.3 Å². The Hall–Kier alpha value is -1.95. The van der Waals surface area contributed by atoms with Crippen LogP contribution in [0.4, 0.5) is 9.52 Å². The smallest absolute Gasteiger partial charge is 0.358 e. The molecule has 0 bridgehead atoms. The predicted octanol–water partition coefficient (Wildman–Crippen LogP) is 2.32. The molecule has 17 heavy (non-hydrogen) atoms. The number of benzene rings is 1. The summed E-state index contributed by atoms with van der Waals surface area (Å²) in [6, 6.07) is 6.12. The zero-order chi connectivity index (χ0) is 12.4. The van der Waals surface area contributed by atoms with Gasteiger partial charge in [-0.2, -0.15) is 0 Å². The van der Waals surface area contributed by atoms with Crippen molar-refractivity contribution in [2.75, 3.05) is 12.8 Å². The van der Waals surface area contributed by atoms with Crippen molar-refractivity contribution in [1.29, 1.82) is 0 Å². The number of methoxy groups -OCH3 is 1.